The third-order valence-electron chi connectivity index (χ3n) is 3.20. The summed E-state index contributed by atoms with van der Waals surface area (Å²) < 4.78 is 0.587. The summed E-state index contributed by atoms with van der Waals surface area (Å²) in [6.07, 6.45) is 1.62. The molecule has 0 aliphatic rings. The van der Waals surface area contributed by atoms with Gasteiger partial charge in [-0.15, -0.1) is 0 Å². The van der Waals surface area contributed by atoms with Crippen LogP contribution in [0, 0.1) is 3.57 Å². The Morgan fingerprint density at radius 1 is 0.864 bits per heavy atom. The number of aliphatic imine (C=N–C) groups is 1. The molecule has 3 rings (SSSR count). The van der Waals surface area contributed by atoms with E-state index in [2.05, 4.69) is 4.98 Å². The molecule has 0 radical (unpaired) electrons. The van der Waals surface area contributed by atoms with Crippen molar-refractivity contribution in [1.82, 2.24) is 4.98 Å². The molecular weight excluding hydrogens is 387 g/mol. The van der Waals surface area contributed by atoms with E-state index in [-0.39, 0.29) is 5.43 Å². The summed E-state index contributed by atoms with van der Waals surface area (Å²) in [5, 5.41) is 0. The first-order chi connectivity index (χ1) is 10.8. The molecular formula is C18H13IN2O. The van der Waals surface area contributed by atoms with E-state index in [1.54, 1.807) is 6.20 Å². The molecule has 4 heteroatoms. The number of benzene rings is 2. The van der Waals surface area contributed by atoms with Crippen molar-refractivity contribution in [3.8, 4) is 0 Å². The lowest BCUT2D eigenvalue weighted by molar-refractivity contribution is 1.23. The zero-order valence-electron chi connectivity index (χ0n) is 11.7. The normalized spacial score (nSPS) is 10.2. The second-order valence-electron chi connectivity index (χ2n) is 4.70. The number of H-pyrrole nitrogens is 1. The van der Waals surface area contributed by atoms with Crippen LogP contribution in [0.1, 0.15) is 11.1 Å². The number of rotatable bonds is 3. The van der Waals surface area contributed by atoms with E-state index in [4.69, 9.17) is 4.99 Å². The van der Waals surface area contributed by atoms with Crippen LogP contribution in [0.15, 0.2) is 82.7 Å². The third kappa shape index (κ3) is 3.17. The van der Waals surface area contributed by atoms with Crippen LogP contribution in [0.3, 0.4) is 0 Å². The first-order valence-electron chi connectivity index (χ1n) is 6.82. The number of aromatic amines is 1. The van der Waals surface area contributed by atoms with Crippen LogP contribution < -0.4 is 5.43 Å². The Morgan fingerprint density at radius 3 is 1.95 bits per heavy atom. The van der Waals surface area contributed by atoms with Crippen molar-refractivity contribution in [3.05, 3.63) is 97.8 Å². The summed E-state index contributed by atoms with van der Waals surface area (Å²) in [6.45, 7) is 0. The summed E-state index contributed by atoms with van der Waals surface area (Å²) >= 11 is 2.03. The van der Waals surface area contributed by atoms with Crippen molar-refractivity contribution in [2.75, 3.05) is 0 Å². The maximum Gasteiger partial charge on any atom is 0.197 e. The Balaban J connectivity index is 2.20. The van der Waals surface area contributed by atoms with Gasteiger partial charge in [0.1, 0.15) is 9.39 Å². The van der Waals surface area contributed by atoms with Crippen molar-refractivity contribution >= 4 is 34.1 Å². The molecule has 3 aromatic rings. The molecule has 0 saturated heterocycles. The van der Waals surface area contributed by atoms with Crippen molar-refractivity contribution < 1.29 is 0 Å². The quantitative estimate of drug-likeness (QED) is 0.521. The second kappa shape index (κ2) is 6.70. The number of pyridine rings is 1. The summed E-state index contributed by atoms with van der Waals surface area (Å²) in [7, 11) is 0. The van der Waals surface area contributed by atoms with Gasteiger partial charge in [-0.2, -0.15) is 0 Å². The fourth-order valence-electron chi connectivity index (χ4n) is 2.13. The highest BCUT2D eigenvalue weighted by molar-refractivity contribution is 14.1. The monoisotopic (exact) mass is 400 g/mol. The van der Waals surface area contributed by atoms with Gasteiger partial charge in [0.15, 0.2) is 5.43 Å². The van der Waals surface area contributed by atoms with Crippen LogP contribution in [0.5, 0.6) is 0 Å². The standard InChI is InChI=1S/C18H13IN2O/c19-16-15(22)11-12-20-18(16)21-17(13-7-3-1-4-8-13)14-9-5-2-6-10-14/h1-12H,(H,20,22). The molecule has 22 heavy (non-hydrogen) atoms. The SMILES string of the molecule is O=c1cc[nH]c(N=C(c2ccccc2)c2ccccc2)c1I. The summed E-state index contributed by atoms with van der Waals surface area (Å²) in [5.74, 6) is 0.579. The topological polar surface area (TPSA) is 45.2 Å². The van der Waals surface area contributed by atoms with E-state index < -0.39 is 0 Å². The molecule has 108 valence electrons. The van der Waals surface area contributed by atoms with Crippen LogP contribution in [0.25, 0.3) is 0 Å². The highest BCUT2D eigenvalue weighted by Gasteiger charge is 2.09. The van der Waals surface area contributed by atoms with Gasteiger partial charge < -0.3 is 4.98 Å². The minimum atomic E-state index is -0.0291. The number of aromatic nitrogens is 1. The Labute approximate surface area is 141 Å². The summed E-state index contributed by atoms with van der Waals surface area (Å²) in [5.41, 5.74) is 2.82. The molecule has 1 heterocycles. The molecule has 0 aliphatic heterocycles. The number of nitrogens with one attached hydrogen (secondary N) is 1. The van der Waals surface area contributed by atoms with E-state index in [9.17, 15) is 4.79 Å². The predicted octanol–water partition coefficient (Wildman–Crippen LogP) is 4.15. The molecule has 0 aliphatic carbocycles. The smallest absolute Gasteiger partial charge is 0.197 e. The highest BCUT2D eigenvalue weighted by Crippen LogP contribution is 2.19. The minimum Gasteiger partial charge on any atom is -0.346 e. The van der Waals surface area contributed by atoms with Crippen LogP contribution in [0.2, 0.25) is 0 Å². The largest absolute Gasteiger partial charge is 0.346 e. The molecule has 0 atom stereocenters. The van der Waals surface area contributed by atoms with Crippen LogP contribution in [-0.4, -0.2) is 10.7 Å². The summed E-state index contributed by atoms with van der Waals surface area (Å²) in [4.78, 5) is 19.6. The van der Waals surface area contributed by atoms with Crippen molar-refractivity contribution in [1.29, 1.82) is 0 Å². The zero-order chi connectivity index (χ0) is 15.4. The average molecular weight is 400 g/mol. The fourth-order valence-corrected chi connectivity index (χ4v) is 2.59. The maximum atomic E-state index is 11.8. The Kier molecular flexibility index (Phi) is 4.48. The summed E-state index contributed by atoms with van der Waals surface area (Å²) in [6, 6.07) is 21.4. The number of hydrogen-bond donors (Lipinski definition) is 1. The van der Waals surface area contributed by atoms with Crippen molar-refractivity contribution in [2.24, 2.45) is 4.99 Å². The zero-order valence-corrected chi connectivity index (χ0v) is 13.8. The Morgan fingerprint density at radius 2 is 1.41 bits per heavy atom. The van der Waals surface area contributed by atoms with Gasteiger partial charge in [-0.25, -0.2) is 4.99 Å². The average Bonchev–Trinajstić information content (AvgIpc) is 2.58. The fraction of sp³-hybridized carbons (Fsp3) is 0. The molecule has 0 amide bonds. The van der Waals surface area contributed by atoms with E-state index in [1.807, 2.05) is 83.3 Å². The van der Waals surface area contributed by atoms with Crippen LogP contribution in [-0.2, 0) is 0 Å². The lowest BCUT2D eigenvalue weighted by Crippen LogP contribution is -2.07. The first kappa shape index (κ1) is 14.7. The van der Waals surface area contributed by atoms with Crippen molar-refractivity contribution in [2.45, 2.75) is 0 Å². The highest BCUT2D eigenvalue weighted by atomic mass is 127. The molecule has 0 saturated carbocycles. The molecule has 1 N–H and O–H groups in total. The lowest BCUT2D eigenvalue weighted by atomic mass is 10.0. The van der Waals surface area contributed by atoms with Gasteiger partial charge >= 0.3 is 0 Å². The Hall–Kier alpha value is -2.21. The van der Waals surface area contributed by atoms with Gasteiger partial charge in [0.05, 0.1) is 5.71 Å². The maximum absolute atomic E-state index is 11.8. The van der Waals surface area contributed by atoms with Crippen molar-refractivity contribution in [3.63, 3.8) is 0 Å². The van der Waals surface area contributed by atoms with Crippen LogP contribution in [0.4, 0.5) is 5.82 Å². The van der Waals surface area contributed by atoms with Gasteiger partial charge in [0, 0.05) is 23.4 Å². The first-order valence-corrected chi connectivity index (χ1v) is 7.90. The number of hydrogen-bond acceptors (Lipinski definition) is 2. The minimum absolute atomic E-state index is 0.0291. The lowest BCUT2D eigenvalue weighted by Gasteiger charge is -2.08. The Bertz CT molecular complexity index is 814. The van der Waals surface area contributed by atoms with E-state index >= 15 is 0 Å². The van der Waals surface area contributed by atoms with E-state index in [0.29, 0.717) is 9.39 Å². The second-order valence-corrected chi connectivity index (χ2v) is 5.78. The van der Waals surface area contributed by atoms with Gasteiger partial charge in [0.2, 0.25) is 0 Å². The molecule has 0 fully saturated rings. The third-order valence-corrected chi connectivity index (χ3v) is 4.24. The van der Waals surface area contributed by atoms with E-state index in [0.717, 1.165) is 16.8 Å². The molecule has 0 bridgehead atoms. The molecule has 3 nitrogen and oxygen atoms in total. The molecule has 2 aromatic carbocycles. The van der Waals surface area contributed by atoms with E-state index in [1.165, 1.54) is 6.07 Å². The predicted molar refractivity (Wildman–Crippen MR) is 98.0 cm³/mol. The van der Waals surface area contributed by atoms with Gasteiger partial charge in [-0.3, -0.25) is 4.79 Å². The van der Waals surface area contributed by atoms with Gasteiger partial charge in [0.25, 0.3) is 0 Å². The van der Waals surface area contributed by atoms with Crippen LogP contribution >= 0.6 is 22.6 Å². The van der Waals surface area contributed by atoms with Gasteiger partial charge in [-0.1, -0.05) is 60.7 Å². The molecule has 0 unspecified atom stereocenters. The van der Waals surface area contributed by atoms with Gasteiger partial charge in [-0.05, 0) is 22.6 Å². The number of nitrogens with zero attached hydrogens (tertiary/aromatic N) is 1. The molecule has 1 aromatic heterocycles. The number of halogens is 1. The molecule has 0 spiro atoms.